The first-order chi connectivity index (χ1) is 19.3. The molecule has 5 rings (SSSR count). The van der Waals surface area contributed by atoms with Gasteiger partial charge in [0.05, 0.1) is 57.4 Å². The minimum atomic E-state index is -1.07. The van der Waals surface area contributed by atoms with E-state index < -0.39 is 17.7 Å². The van der Waals surface area contributed by atoms with Crippen molar-refractivity contribution >= 4 is 44.1 Å². The number of aliphatic hydroxyl groups is 1. The van der Waals surface area contributed by atoms with Gasteiger partial charge in [0, 0.05) is 5.56 Å². The van der Waals surface area contributed by atoms with Crippen LogP contribution < -0.4 is 28.6 Å². The average molecular weight is 563 g/mol. The molecule has 4 aromatic rings. The zero-order valence-electron chi connectivity index (χ0n) is 22.4. The fraction of sp³-hybridized carbons (Fsp3) is 0.207. The lowest BCUT2D eigenvalue weighted by Crippen LogP contribution is -2.29. The van der Waals surface area contributed by atoms with E-state index in [0.717, 1.165) is 4.70 Å². The summed E-state index contributed by atoms with van der Waals surface area (Å²) in [6.07, 6.45) is 0. The van der Waals surface area contributed by atoms with Crippen LogP contribution in [0.5, 0.6) is 28.7 Å². The molecule has 1 saturated heterocycles. The second kappa shape index (κ2) is 10.8. The quantitative estimate of drug-likeness (QED) is 0.181. The largest absolute Gasteiger partial charge is 0.507 e. The Labute approximate surface area is 233 Å². The number of hydrogen-bond acceptors (Lipinski definition) is 10. The molecular weight excluding hydrogens is 536 g/mol. The van der Waals surface area contributed by atoms with E-state index in [1.54, 1.807) is 61.7 Å². The number of aromatic nitrogens is 1. The van der Waals surface area contributed by atoms with Gasteiger partial charge in [0.25, 0.3) is 5.78 Å². The molecule has 1 unspecified atom stereocenters. The summed E-state index contributed by atoms with van der Waals surface area (Å²) >= 11 is 1.22. The van der Waals surface area contributed by atoms with E-state index >= 15 is 0 Å². The number of thiazole rings is 1. The molecule has 206 valence electrons. The first-order valence-electron chi connectivity index (χ1n) is 12.0. The fourth-order valence-electron chi connectivity index (χ4n) is 4.65. The summed E-state index contributed by atoms with van der Waals surface area (Å²) < 4.78 is 27.9. The number of fused-ring (bicyclic) bond motifs is 1. The molecule has 1 fully saturated rings. The van der Waals surface area contributed by atoms with E-state index in [0.29, 0.717) is 45.4 Å². The number of rotatable bonds is 8. The lowest BCUT2D eigenvalue weighted by molar-refractivity contribution is -0.132. The van der Waals surface area contributed by atoms with E-state index in [2.05, 4.69) is 4.98 Å². The third kappa shape index (κ3) is 4.43. The first kappa shape index (κ1) is 26.8. The van der Waals surface area contributed by atoms with Gasteiger partial charge in [-0.05, 0) is 48.0 Å². The number of nitrogens with zero attached hydrogens (tertiary/aromatic N) is 2. The molecule has 0 aliphatic carbocycles. The van der Waals surface area contributed by atoms with Crippen molar-refractivity contribution < 1.29 is 38.4 Å². The third-order valence-electron chi connectivity index (χ3n) is 6.58. The summed E-state index contributed by atoms with van der Waals surface area (Å²) in [6.45, 7) is 0. The Balaban J connectivity index is 1.78. The van der Waals surface area contributed by atoms with Gasteiger partial charge in [-0.1, -0.05) is 23.5 Å². The van der Waals surface area contributed by atoms with Crippen LogP contribution in [0.15, 0.2) is 60.2 Å². The van der Waals surface area contributed by atoms with E-state index in [-0.39, 0.29) is 16.5 Å². The number of benzene rings is 3. The lowest BCUT2D eigenvalue weighted by Gasteiger charge is -2.24. The topological polar surface area (TPSA) is 117 Å². The molecule has 2 heterocycles. The van der Waals surface area contributed by atoms with Gasteiger partial charge in [-0.3, -0.25) is 14.5 Å². The minimum absolute atomic E-state index is 0.121. The monoisotopic (exact) mass is 562 g/mol. The molecule has 0 bridgehead atoms. The maximum absolute atomic E-state index is 13.7. The number of carbonyl (C=O) groups excluding carboxylic acids is 2. The highest BCUT2D eigenvalue weighted by molar-refractivity contribution is 7.22. The number of hydrogen-bond donors (Lipinski definition) is 1. The molecule has 0 saturated carbocycles. The number of anilines is 1. The van der Waals surface area contributed by atoms with Crippen LogP contribution in [0, 0.1) is 0 Å². The Kier molecular flexibility index (Phi) is 7.22. The van der Waals surface area contributed by atoms with Crippen molar-refractivity contribution in [2.45, 2.75) is 6.04 Å². The molecule has 10 nitrogen and oxygen atoms in total. The summed E-state index contributed by atoms with van der Waals surface area (Å²) in [5.41, 5.74) is 1.25. The molecule has 0 radical (unpaired) electrons. The van der Waals surface area contributed by atoms with Crippen molar-refractivity contribution in [2.75, 3.05) is 40.4 Å². The van der Waals surface area contributed by atoms with E-state index in [9.17, 15) is 14.7 Å². The molecule has 11 heteroatoms. The van der Waals surface area contributed by atoms with Crippen LogP contribution in [0.25, 0.3) is 16.0 Å². The second-order valence-electron chi connectivity index (χ2n) is 8.69. The Morgan fingerprint density at radius 2 is 1.52 bits per heavy atom. The van der Waals surface area contributed by atoms with Crippen LogP contribution in [0.1, 0.15) is 17.2 Å². The number of carbonyl (C=O) groups is 2. The van der Waals surface area contributed by atoms with E-state index in [4.69, 9.17) is 23.7 Å². The standard InChI is InChI=1S/C29H26N2O8S/c1-35-17-8-6-7-15(11-17)25(32)23-24(16-12-20(37-3)27(39-5)21(13-16)38-4)31(28(34)26(23)33)29-30-19-10-9-18(36-2)14-22(19)40-29/h6-14,24,32H,1-5H3/b25-23+. The van der Waals surface area contributed by atoms with Gasteiger partial charge < -0.3 is 28.8 Å². The average Bonchev–Trinajstić information content (AvgIpc) is 3.53. The molecule has 1 atom stereocenters. The maximum atomic E-state index is 13.7. The third-order valence-corrected chi connectivity index (χ3v) is 7.60. The summed E-state index contributed by atoms with van der Waals surface area (Å²) in [6, 6.07) is 14.1. The van der Waals surface area contributed by atoms with Gasteiger partial charge in [-0.25, -0.2) is 4.98 Å². The van der Waals surface area contributed by atoms with Crippen molar-refractivity contribution in [2.24, 2.45) is 0 Å². The minimum Gasteiger partial charge on any atom is -0.507 e. The van der Waals surface area contributed by atoms with Crippen molar-refractivity contribution in [1.29, 1.82) is 0 Å². The molecule has 0 spiro atoms. The number of ketones is 1. The predicted octanol–water partition coefficient (Wildman–Crippen LogP) is 4.97. The van der Waals surface area contributed by atoms with Gasteiger partial charge in [0.2, 0.25) is 5.75 Å². The summed E-state index contributed by atoms with van der Waals surface area (Å²) in [7, 11) is 7.47. The maximum Gasteiger partial charge on any atom is 0.301 e. The van der Waals surface area contributed by atoms with Crippen LogP contribution in [-0.2, 0) is 9.59 Å². The molecule has 1 amide bonds. The van der Waals surface area contributed by atoms with Crippen molar-refractivity contribution in [3.8, 4) is 28.7 Å². The number of amides is 1. The van der Waals surface area contributed by atoms with E-state index in [1.165, 1.54) is 44.7 Å². The number of methoxy groups -OCH3 is 5. The number of ether oxygens (including phenoxy) is 5. The van der Waals surface area contributed by atoms with Crippen molar-refractivity contribution in [3.63, 3.8) is 0 Å². The van der Waals surface area contributed by atoms with Gasteiger partial charge in [0.15, 0.2) is 16.6 Å². The number of aliphatic hydroxyl groups excluding tert-OH is 1. The SMILES string of the molecule is COc1cccc(/C(O)=C2\C(=O)C(=O)N(c3nc4ccc(OC)cc4s3)C2c2cc(OC)c(OC)c(OC)c2)c1. The van der Waals surface area contributed by atoms with Crippen LogP contribution in [0.4, 0.5) is 5.13 Å². The molecular formula is C29H26N2O8S. The Morgan fingerprint density at radius 3 is 2.15 bits per heavy atom. The highest BCUT2D eigenvalue weighted by Gasteiger charge is 2.48. The van der Waals surface area contributed by atoms with Gasteiger partial charge in [0.1, 0.15) is 17.3 Å². The highest BCUT2D eigenvalue weighted by atomic mass is 32.1. The molecule has 3 aromatic carbocycles. The molecule has 1 aromatic heterocycles. The summed E-state index contributed by atoms with van der Waals surface area (Å²) in [5, 5.41) is 11.8. The number of Topliss-reactive ketones (excluding diaryl/α,β-unsaturated/α-hetero) is 1. The smallest absolute Gasteiger partial charge is 0.301 e. The molecule has 1 aliphatic rings. The molecule has 40 heavy (non-hydrogen) atoms. The van der Waals surface area contributed by atoms with Crippen molar-refractivity contribution in [1.82, 2.24) is 4.98 Å². The van der Waals surface area contributed by atoms with Crippen LogP contribution >= 0.6 is 11.3 Å². The second-order valence-corrected chi connectivity index (χ2v) is 9.70. The molecule has 1 N–H and O–H groups in total. The fourth-order valence-corrected chi connectivity index (χ4v) is 5.67. The van der Waals surface area contributed by atoms with Crippen LogP contribution in [0.2, 0.25) is 0 Å². The zero-order chi connectivity index (χ0) is 28.6. The summed E-state index contributed by atoms with van der Waals surface area (Å²) in [5.74, 6) is 0.0133. The van der Waals surface area contributed by atoms with Gasteiger partial charge >= 0.3 is 5.91 Å². The lowest BCUT2D eigenvalue weighted by atomic mass is 9.94. The Bertz CT molecular complexity index is 1640. The Hall–Kier alpha value is -4.77. The van der Waals surface area contributed by atoms with Crippen molar-refractivity contribution in [3.05, 3.63) is 71.3 Å². The summed E-state index contributed by atoms with van der Waals surface area (Å²) in [4.78, 5) is 33.2. The normalized spacial score (nSPS) is 16.3. The van der Waals surface area contributed by atoms with Gasteiger partial charge in [-0.15, -0.1) is 0 Å². The van der Waals surface area contributed by atoms with Gasteiger partial charge in [-0.2, -0.15) is 0 Å². The van der Waals surface area contributed by atoms with Crippen LogP contribution in [-0.4, -0.2) is 57.3 Å². The van der Waals surface area contributed by atoms with E-state index in [1.807, 2.05) is 0 Å². The van der Waals surface area contributed by atoms with Crippen LogP contribution in [0.3, 0.4) is 0 Å². The zero-order valence-corrected chi connectivity index (χ0v) is 23.2. The Morgan fingerprint density at radius 1 is 0.850 bits per heavy atom. The molecule has 1 aliphatic heterocycles. The highest BCUT2D eigenvalue weighted by Crippen LogP contribution is 2.48. The predicted molar refractivity (Wildman–Crippen MR) is 150 cm³/mol. The first-order valence-corrected chi connectivity index (χ1v) is 12.9.